The molecule has 29 heavy (non-hydrogen) atoms. The van der Waals surface area contributed by atoms with Gasteiger partial charge in [-0.25, -0.2) is 9.36 Å². The maximum atomic E-state index is 12.8. The van der Waals surface area contributed by atoms with Crippen LogP contribution in [0.2, 0.25) is 0 Å². The molecule has 5 rings (SSSR count). The molecule has 0 atom stereocenters. The van der Waals surface area contributed by atoms with E-state index in [1.165, 1.54) is 0 Å². The molecule has 0 radical (unpaired) electrons. The second kappa shape index (κ2) is 6.72. The maximum absolute atomic E-state index is 12.8. The minimum Gasteiger partial charge on any atom is -0.481 e. The largest absolute Gasteiger partial charge is 0.481 e. The highest BCUT2D eigenvalue weighted by Crippen LogP contribution is 2.27. The molecular formula is C21H23N5O3. The molecule has 1 aliphatic heterocycles. The molecule has 2 aromatic heterocycles. The van der Waals surface area contributed by atoms with Gasteiger partial charge < -0.3 is 9.64 Å². The zero-order chi connectivity index (χ0) is 20.1. The van der Waals surface area contributed by atoms with E-state index in [0.29, 0.717) is 31.1 Å². The number of fused-ring (bicyclic) bond motifs is 2. The lowest BCUT2D eigenvalue weighted by atomic mass is 9.98. The Hall–Kier alpha value is -3.16. The summed E-state index contributed by atoms with van der Waals surface area (Å²) >= 11 is 0. The van der Waals surface area contributed by atoms with Gasteiger partial charge in [-0.2, -0.15) is 10.2 Å². The molecule has 2 aliphatic rings. The Morgan fingerprint density at radius 1 is 1.21 bits per heavy atom. The Labute approximate surface area is 167 Å². The molecule has 1 saturated heterocycles. The quantitative estimate of drug-likeness (QED) is 0.669. The number of amides is 1. The van der Waals surface area contributed by atoms with Crippen molar-refractivity contribution in [2.75, 3.05) is 20.2 Å². The van der Waals surface area contributed by atoms with Crippen LogP contribution in [0.5, 0.6) is 5.88 Å². The van der Waals surface area contributed by atoms with E-state index in [9.17, 15) is 9.59 Å². The van der Waals surface area contributed by atoms with E-state index in [1.54, 1.807) is 28.6 Å². The fourth-order valence-corrected chi connectivity index (χ4v) is 4.40. The summed E-state index contributed by atoms with van der Waals surface area (Å²) < 4.78 is 8.60. The summed E-state index contributed by atoms with van der Waals surface area (Å²) in [6.07, 6.45) is 2.98. The zero-order valence-electron chi connectivity index (χ0n) is 16.6. The SMILES string of the molecule is COc1c2ccc(C(=O)N3CC(Cn4nc5c(cc4=O)CCC5)C3)cc2nn1C. The van der Waals surface area contributed by atoms with E-state index in [-0.39, 0.29) is 17.4 Å². The number of rotatable bonds is 4. The average Bonchev–Trinajstić information content (AvgIpc) is 3.25. The lowest BCUT2D eigenvalue weighted by molar-refractivity contribution is 0.0458. The van der Waals surface area contributed by atoms with Crippen LogP contribution >= 0.6 is 0 Å². The summed E-state index contributed by atoms with van der Waals surface area (Å²) in [5.41, 5.74) is 3.46. The molecular weight excluding hydrogens is 370 g/mol. The van der Waals surface area contributed by atoms with E-state index >= 15 is 0 Å². The van der Waals surface area contributed by atoms with Crippen molar-refractivity contribution in [1.82, 2.24) is 24.5 Å². The van der Waals surface area contributed by atoms with Crippen molar-refractivity contribution in [2.24, 2.45) is 13.0 Å². The number of hydrogen-bond acceptors (Lipinski definition) is 5. The van der Waals surface area contributed by atoms with Crippen LogP contribution in [0.1, 0.15) is 28.0 Å². The number of hydrogen-bond donors (Lipinski definition) is 0. The average molecular weight is 393 g/mol. The van der Waals surface area contributed by atoms with Crippen LogP contribution < -0.4 is 10.3 Å². The van der Waals surface area contributed by atoms with Crippen molar-refractivity contribution in [3.05, 3.63) is 51.4 Å². The third kappa shape index (κ3) is 2.99. The Morgan fingerprint density at radius 2 is 2.03 bits per heavy atom. The van der Waals surface area contributed by atoms with Crippen LogP contribution in [0.3, 0.4) is 0 Å². The first-order valence-electron chi connectivity index (χ1n) is 9.93. The normalized spacial score (nSPS) is 16.1. The maximum Gasteiger partial charge on any atom is 0.267 e. The predicted octanol–water partition coefficient (Wildman–Crippen LogP) is 1.40. The van der Waals surface area contributed by atoms with Gasteiger partial charge >= 0.3 is 0 Å². The van der Waals surface area contributed by atoms with Gasteiger partial charge in [-0.1, -0.05) is 0 Å². The van der Waals surface area contributed by atoms with Crippen molar-refractivity contribution in [1.29, 1.82) is 0 Å². The molecule has 0 unspecified atom stereocenters. The smallest absolute Gasteiger partial charge is 0.267 e. The first-order chi connectivity index (χ1) is 14.0. The fourth-order valence-electron chi connectivity index (χ4n) is 4.40. The number of likely N-dealkylation sites (tertiary alicyclic amines) is 1. The summed E-state index contributed by atoms with van der Waals surface area (Å²) in [7, 11) is 3.42. The third-order valence-electron chi connectivity index (χ3n) is 5.92. The standard InChI is InChI=1S/C21H23N5O3/c1-24-21(29-2)16-7-6-15(8-18(16)22-24)20(28)25-10-13(11-25)12-26-19(27)9-14-4-3-5-17(14)23-26/h6-9,13H,3-5,10-12H2,1-2H3. The first kappa shape index (κ1) is 17.9. The van der Waals surface area contributed by atoms with Gasteiger partial charge in [0.2, 0.25) is 5.88 Å². The molecule has 3 heterocycles. The number of carbonyl (C=O) groups excluding carboxylic acids is 1. The lowest BCUT2D eigenvalue weighted by Crippen LogP contribution is -2.52. The summed E-state index contributed by atoms with van der Waals surface area (Å²) in [6, 6.07) is 7.22. The van der Waals surface area contributed by atoms with Crippen LogP contribution in [-0.4, -0.2) is 50.6 Å². The number of ether oxygens (including phenoxy) is 1. The van der Waals surface area contributed by atoms with Gasteiger partial charge in [-0.15, -0.1) is 0 Å². The molecule has 0 N–H and O–H groups in total. The minimum atomic E-state index is -0.0371. The van der Waals surface area contributed by atoms with Crippen LogP contribution in [-0.2, 0) is 26.4 Å². The Balaban J connectivity index is 1.27. The van der Waals surface area contributed by atoms with Crippen molar-refractivity contribution in [3.8, 4) is 5.88 Å². The second-order valence-corrected chi connectivity index (χ2v) is 7.93. The fraction of sp³-hybridized carbons (Fsp3) is 0.429. The number of methoxy groups -OCH3 is 1. The van der Waals surface area contributed by atoms with Gasteiger partial charge in [0, 0.05) is 37.7 Å². The number of aryl methyl sites for hydroxylation is 3. The Kier molecular flexibility index (Phi) is 4.15. The molecule has 3 aromatic rings. The first-order valence-corrected chi connectivity index (χ1v) is 9.93. The number of aromatic nitrogens is 4. The zero-order valence-corrected chi connectivity index (χ0v) is 16.6. The van der Waals surface area contributed by atoms with Crippen LogP contribution in [0, 0.1) is 5.92 Å². The molecule has 1 aliphatic carbocycles. The molecule has 0 saturated carbocycles. The van der Waals surface area contributed by atoms with Crippen molar-refractivity contribution in [2.45, 2.75) is 25.8 Å². The summed E-state index contributed by atoms with van der Waals surface area (Å²) in [5.74, 6) is 0.916. The summed E-state index contributed by atoms with van der Waals surface area (Å²) in [5, 5.41) is 9.83. The van der Waals surface area contributed by atoms with Crippen LogP contribution in [0.15, 0.2) is 29.1 Å². The number of carbonyl (C=O) groups is 1. The molecule has 1 amide bonds. The second-order valence-electron chi connectivity index (χ2n) is 7.93. The Morgan fingerprint density at radius 3 is 2.83 bits per heavy atom. The van der Waals surface area contributed by atoms with Crippen molar-refractivity contribution >= 4 is 16.8 Å². The van der Waals surface area contributed by atoms with Gasteiger partial charge in [0.05, 0.1) is 30.3 Å². The monoisotopic (exact) mass is 393 g/mol. The van der Waals surface area contributed by atoms with E-state index in [0.717, 1.165) is 41.4 Å². The van der Waals surface area contributed by atoms with Gasteiger partial charge in [0.15, 0.2) is 0 Å². The van der Waals surface area contributed by atoms with Gasteiger partial charge in [-0.3, -0.25) is 9.59 Å². The van der Waals surface area contributed by atoms with Crippen LogP contribution in [0.4, 0.5) is 0 Å². The van der Waals surface area contributed by atoms with Gasteiger partial charge in [0.1, 0.15) is 0 Å². The summed E-state index contributed by atoms with van der Waals surface area (Å²) in [4.78, 5) is 26.9. The highest BCUT2D eigenvalue weighted by Gasteiger charge is 2.32. The molecule has 1 fully saturated rings. The Bertz CT molecular complexity index is 1170. The molecule has 8 heteroatoms. The van der Waals surface area contributed by atoms with E-state index in [1.807, 2.05) is 24.1 Å². The van der Waals surface area contributed by atoms with Crippen molar-refractivity contribution < 1.29 is 9.53 Å². The molecule has 150 valence electrons. The van der Waals surface area contributed by atoms with Crippen LogP contribution in [0.25, 0.3) is 10.9 Å². The summed E-state index contributed by atoms with van der Waals surface area (Å²) in [6.45, 7) is 1.83. The minimum absolute atomic E-state index is 0.0120. The van der Waals surface area contributed by atoms with E-state index < -0.39 is 0 Å². The van der Waals surface area contributed by atoms with Gasteiger partial charge in [0.25, 0.3) is 11.5 Å². The highest BCUT2D eigenvalue weighted by molar-refractivity contribution is 5.99. The molecule has 0 spiro atoms. The van der Waals surface area contributed by atoms with E-state index in [4.69, 9.17) is 4.74 Å². The number of nitrogens with zero attached hydrogens (tertiary/aromatic N) is 5. The topological polar surface area (TPSA) is 82.2 Å². The predicted molar refractivity (Wildman–Crippen MR) is 107 cm³/mol. The van der Waals surface area contributed by atoms with E-state index in [2.05, 4.69) is 10.2 Å². The van der Waals surface area contributed by atoms with Gasteiger partial charge in [-0.05, 0) is 43.0 Å². The highest BCUT2D eigenvalue weighted by atomic mass is 16.5. The molecule has 8 nitrogen and oxygen atoms in total. The molecule has 1 aromatic carbocycles. The van der Waals surface area contributed by atoms with Crippen molar-refractivity contribution in [3.63, 3.8) is 0 Å². The lowest BCUT2D eigenvalue weighted by Gasteiger charge is -2.39. The molecule has 0 bridgehead atoms. The number of benzene rings is 1. The third-order valence-corrected chi connectivity index (χ3v) is 5.92.